The number of anilines is 1. The molecule has 2 N–H and O–H groups in total. The first-order chi connectivity index (χ1) is 6.79. The van der Waals surface area contributed by atoms with Crippen LogP contribution in [0.25, 0.3) is 11.3 Å². The maximum Gasteiger partial charge on any atom is 0.292 e. The first-order valence-corrected chi connectivity index (χ1v) is 4.60. The third-order valence-electron chi connectivity index (χ3n) is 2.14. The lowest BCUT2D eigenvalue weighted by atomic mass is 10.1. The third-order valence-corrected chi connectivity index (χ3v) is 2.14. The third kappa shape index (κ3) is 1.62. The minimum absolute atomic E-state index is 0.210. The van der Waals surface area contributed by atoms with Gasteiger partial charge < -0.3 is 10.2 Å². The molecule has 0 unspecified atom stereocenters. The van der Waals surface area contributed by atoms with E-state index in [4.69, 9.17) is 10.2 Å². The Morgan fingerprint density at radius 3 is 2.93 bits per heavy atom. The van der Waals surface area contributed by atoms with E-state index >= 15 is 0 Å². The van der Waals surface area contributed by atoms with Gasteiger partial charge in [-0.15, -0.1) is 0 Å². The average molecular weight is 188 g/mol. The molecular weight excluding hydrogens is 176 g/mol. The number of rotatable bonds is 2. The van der Waals surface area contributed by atoms with E-state index in [1.54, 1.807) is 6.20 Å². The van der Waals surface area contributed by atoms with Crippen molar-refractivity contribution in [2.24, 2.45) is 0 Å². The van der Waals surface area contributed by atoms with Crippen molar-refractivity contribution in [3.63, 3.8) is 0 Å². The van der Waals surface area contributed by atoms with E-state index in [0.29, 0.717) is 0 Å². The molecule has 0 atom stereocenters. The van der Waals surface area contributed by atoms with Gasteiger partial charge in [0.05, 0.1) is 6.20 Å². The van der Waals surface area contributed by atoms with Crippen LogP contribution >= 0.6 is 0 Å². The van der Waals surface area contributed by atoms with Crippen LogP contribution in [0.5, 0.6) is 0 Å². The molecule has 0 aliphatic heterocycles. The van der Waals surface area contributed by atoms with E-state index in [9.17, 15) is 0 Å². The molecule has 0 radical (unpaired) electrons. The molecule has 0 aliphatic carbocycles. The number of oxazole rings is 1. The Kier molecular flexibility index (Phi) is 2.23. The highest BCUT2D eigenvalue weighted by Crippen LogP contribution is 2.22. The summed E-state index contributed by atoms with van der Waals surface area (Å²) in [5.41, 5.74) is 7.71. The molecular formula is C11H12N2O. The van der Waals surface area contributed by atoms with Gasteiger partial charge in [-0.3, -0.25) is 0 Å². The Morgan fingerprint density at radius 2 is 2.29 bits per heavy atom. The SMILES string of the molecule is CCc1cccc(-c2cnc(N)o2)c1. The summed E-state index contributed by atoms with van der Waals surface area (Å²) in [6.07, 6.45) is 2.65. The molecule has 0 saturated heterocycles. The smallest absolute Gasteiger partial charge is 0.292 e. The molecule has 0 bridgehead atoms. The van der Waals surface area contributed by atoms with E-state index in [1.165, 1.54) is 5.56 Å². The molecule has 0 fully saturated rings. The largest absolute Gasteiger partial charge is 0.424 e. The van der Waals surface area contributed by atoms with Crippen LogP contribution in [0.2, 0.25) is 0 Å². The fraction of sp³-hybridized carbons (Fsp3) is 0.182. The van der Waals surface area contributed by atoms with Gasteiger partial charge in [0, 0.05) is 5.56 Å². The van der Waals surface area contributed by atoms with Crippen molar-refractivity contribution in [2.75, 3.05) is 5.73 Å². The summed E-state index contributed by atoms with van der Waals surface area (Å²) in [4.78, 5) is 3.86. The van der Waals surface area contributed by atoms with Gasteiger partial charge in [0.2, 0.25) is 0 Å². The van der Waals surface area contributed by atoms with Crippen molar-refractivity contribution in [2.45, 2.75) is 13.3 Å². The lowest BCUT2D eigenvalue weighted by Gasteiger charge is -1.99. The van der Waals surface area contributed by atoms with Crippen molar-refractivity contribution in [3.8, 4) is 11.3 Å². The molecule has 0 aliphatic rings. The molecule has 3 nitrogen and oxygen atoms in total. The average Bonchev–Trinajstić information content (AvgIpc) is 2.65. The van der Waals surface area contributed by atoms with Gasteiger partial charge in [-0.05, 0) is 18.1 Å². The monoisotopic (exact) mass is 188 g/mol. The summed E-state index contributed by atoms with van der Waals surface area (Å²) in [6.45, 7) is 2.12. The van der Waals surface area contributed by atoms with Crippen molar-refractivity contribution in [1.82, 2.24) is 4.98 Å². The summed E-state index contributed by atoms with van der Waals surface area (Å²) in [5.74, 6) is 0.720. The number of hydrogen-bond acceptors (Lipinski definition) is 3. The molecule has 1 aromatic heterocycles. The molecule has 2 aromatic rings. The van der Waals surface area contributed by atoms with Crippen LogP contribution in [0.3, 0.4) is 0 Å². The molecule has 2 rings (SSSR count). The van der Waals surface area contributed by atoms with E-state index in [-0.39, 0.29) is 6.01 Å². The summed E-state index contributed by atoms with van der Waals surface area (Å²) in [6, 6.07) is 8.37. The Balaban J connectivity index is 2.41. The number of benzene rings is 1. The van der Waals surface area contributed by atoms with Gasteiger partial charge >= 0.3 is 0 Å². The van der Waals surface area contributed by atoms with Gasteiger partial charge in [0.15, 0.2) is 5.76 Å². The van der Waals surface area contributed by atoms with Crippen molar-refractivity contribution in [3.05, 3.63) is 36.0 Å². The van der Waals surface area contributed by atoms with Crippen molar-refractivity contribution < 1.29 is 4.42 Å². The standard InChI is InChI=1S/C11H12N2O/c1-2-8-4-3-5-9(6-8)10-7-13-11(12)14-10/h3-7H,2H2,1H3,(H2,12,13). The second-order valence-corrected chi connectivity index (χ2v) is 3.12. The molecule has 72 valence electrons. The van der Waals surface area contributed by atoms with Crippen molar-refractivity contribution in [1.29, 1.82) is 0 Å². The zero-order valence-electron chi connectivity index (χ0n) is 8.03. The Hall–Kier alpha value is -1.77. The van der Waals surface area contributed by atoms with Crippen LogP contribution in [0.15, 0.2) is 34.9 Å². The number of aryl methyl sites for hydroxylation is 1. The molecule has 0 spiro atoms. The van der Waals surface area contributed by atoms with Crippen LogP contribution in [0, 0.1) is 0 Å². The number of nitrogens with two attached hydrogens (primary N) is 1. The molecule has 0 saturated carbocycles. The van der Waals surface area contributed by atoms with Gasteiger partial charge in [-0.1, -0.05) is 25.1 Å². The maximum atomic E-state index is 5.41. The molecule has 1 heterocycles. The summed E-state index contributed by atoms with van der Waals surface area (Å²) in [5, 5.41) is 0. The number of hydrogen-bond donors (Lipinski definition) is 1. The Bertz CT molecular complexity index is 434. The van der Waals surface area contributed by atoms with Gasteiger partial charge in [0.1, 0.15) is 0 Å². The second-order valence-electron chi connectivity index (χ2n) is 3.12. The van der Waals surface area contributed by atoms with Crippen LogP contribution in [-0.4, -0.2) is 4.98 Å². The molecule has 14 heavy (non-hydrogen) atoms. The maximum absolute atomic E-state index is 5.41. The van der Waals surface area contributed by atoms with E-state index in [2.05, 4.69) is 24.0 Å². The Morgan fingerprint density at radius 1 is 1.43 bits per heavy atom. The van der Waals surface area contributed by atoms with Crippen LogP contribution < -0.4 is 5.73 Å². The zero-order valence-corrected chi connectivity index (χ0v) is 8.03. The highest BCUT2D eigenvalue weighted by molar-refractivity contribution is 5.58. The number of nitrogen functional groups attached to an aromatic ring is 1. The molecule has 3 heteroatoms. The van der Waals surface area contributed by atoms with Crippen molar-refractivity contribution >= 4 is 6.01 Å². The van der Waals surface area contributed by atoms with E-state index in [0.717, 1.165) is 17.7 Å². The minimum atomic E-state index is 0.210. The second kappa shape index (κ2) is 3.54. The normalized spacial score (nSPS) is 10.4. The molecule has 0 amide bonds. The predicted octanol–water partition coefficient (Wildman–Crippen LogP) is 2.49. The van der Waals surface area contributed by atoms with Gasteiger partial charge in [-0.25, -0.2) is 4.98 Å². The van der Waals surface area contributed by atoms with E-state index < -0.39 is 0 Å². The zero-order chi connectivity index (χ0) is 9.97. The van der Waals surface area contributed by atoms with Gasteiger partial charge in [-0.2, -0.15) is 0 Å². The number of aromatic nitrogens is 1. The van der Waals surface area contributed by atoms with Crippen LogP contribution in [-0.2, 0) is 6.42 Å². The first kappa shape index (κ1) is 8.81. The fourth-order valence-corrected chi connectivity index (χ4v) is 1.37. The summed E-state index contributed by atoms with van der Waals surface area (Å²) < 4.78 is 5.24. The molecule has 1 aromatic carbocycles. The predicted molar refractivity (Wildman–Crippen MR) is 55.7 cm³/mol. The van der Waals surface area contributed by atoms with Crippen LogP contribution in [0.4, 0.5) is 6.01 Å². The lowest BCUT2D eigenvalue weighted by Crippen LogP contribution is -1.81. The first-order valence-electron chi connectivity index (χ1n) is 4.60. The highest BCUT2D eigenvalue weighted by atomic mass is 16.4. The van der Waals surface area contributed by atoms with Gasteiger partial charge in [0.25, 0.3) is 6.01 Å². The number of nitrogens with zero attached hydrogens (tertiary/aromatic N) is 1. The fourth-order valence-electron chi connectivity index (χ4n) is 1.37. The topological polar surface area (TPSA) is 52.0 Å². The summed E-state index contributed by atoms with van der Waals surface area (Å²) >= 11 is 0. The highest BCUT2D eigenvalue weighted by Gasteiger charge is 2.03. The van der Waals surface area contributed by atoms with E-state index in [1.807, 2.05) is 12.1 Å². The minimum Gasteiger partial charge on any atom is -0.424 e. The summed E-state index contributed by atoms with van der Waals surface area (Å²) in [7, 11) is 0. The van der Waals surface area contributed by atoms with Crippen LogP contribution in [0.1, 0.15) is 12.5 Å². The lowest BCUT2D eigenvalue weighted by molar-refractivity contribution is 0.595. The quantitative estimate of drug-likeness (QED) is 0.787. The Labute approximate surface area is 82.6 Å².